The van der Waals surface area contributed by atoms with E-state index < -0.39 is 0 Å². The number of piperazine rings is 1. The summed E-state index contributed by atoms with van der Waals surface area (Å²) in [4.78, 5) is 17.5. The molecule has 1 aliphatic carbocycles. The number of nitrogens with one attached hydrogen (secondary N) is 2. The van der Waals surface area contributed by atoms with E-state index in [0.29, 0.717) is 0 Å². The minimum atomic E-state index is -0.0243. The Balaban J connectivity index is 1.35. The molecular weight excluding hydrogens is 422 g/mol. The van der Waals surface area contributed by atoms with Crippen LogP contribution in [-0.2, 0) is 13.0 Å². The molecule has 1 unspecified atom stereocenters. The van der Waals surface area contributed by atoms with Crippen molar-refractivity contribution in [3.63, 3.8) is 0 Å². The molecule has 1 saturated heterocycles. The first kappa shape index (κ1) is 21.7. The minimum absolute atomic E-state index is 0.0243. The molecule has 3 atom stereocenters. The highest BCUT2D eigenvalue weighted by molar-refractivity contribution is 5.46. The highest BCUT2D eigenvalue weighted by atomic mass is 16.1. The van der Waals surface area contributed by atoms with Gasteiger partial charge in [-0.3, -0.25) is 9.69 Å². The van der Waals surface area contributed by atoms with E-state index in [9.17, 15) is 4.79 Å². The summed E-state index contributed by atoms with van der Waals surface area (Å²) in [7, 11) is 2.20. The molecule has 0 radical (unpaired) electrons. The molecule has 176 valence electrons. The smallest absolute Gasteiger partial charge is 0.267 e. The van der Waals surface area contributed by atoms with Crippen LogP contribution in [-0.4, -0.2) is 53.2 Å². The zero-order valence-corrected chi connectivity index (χ0v) is 19.8. The van der Waals surface area contributed by atoms with Crippen LogP contribution in [0.25, 0.3) is 0 Å². The molecule has 6 heteroatoms. The predicted molar refractivity (Wildman–Crippen MR) is 134 cm³/mol. The van der Waals surface area contributed by atoms with Gasteiger partial charge in [-0.15, -0.1) is 0 Å². The number of aromatic amines is 1. The standard InChI is InChI=1S/C28H33N5O/c1-32-14-16-33(17-15-32)18-19-10-12-21(13-11-19)26-24(20-6-3-2-4-7-20)27-25-22(28(34)31-30-27)8-5-9-23(25)29-26/h2-4,6-7,10-13,23-24,26,29H,5,8-9,14-18H2,1H3,(H,31,34)/t23?,24-,26-/m1/s1. The number of hydrogen-bond acceptors (Lipinski definition) is 5. The molecule has 2 aliphatic heterocycles. The second-order valence-electron chi connectivity index (χ2n) is 10.1. The first-order chi connectivity index (χ1) is 16.7. The van der Waals surface area contributed by atoms with Gasteiger partial charge in [0.15, 0.2) is 0 Å². The van der Waals surface area contributed by atoms with Crippen LogP contribution in [0.2, 0.25) is 0 Å². The number of aromatic nitrogens is 2. The molecule has 1 aromatic heterocycles. The number of likely N-dealkylation sites (N-methyl/N-ethyl adjacent to an activating group) is 1. The van der Waals surface area contributed by atoms with Crippen LogP contribution in [0.15, 0.2) is 59.4 Å². The molecule has 6 rings (SSSR count). The Labute approximate surface area is 201 Å². The number of benzene rings is 2. The van der Waals surface area contributed by atoms with E-state index in [-0.39, 0.29) is 23.6 Å². The van der Waals surface area contributed by atoms with Crippen molar-refractivity contribution in [1.82, 2.24) is 25.3 Å². The Bertz CT molecular complexity index is 1200. The molecule has 2 aromatic carbocycles. The fraction of sp³-hybridized carbons (Fsp3) is 0.429. The SMILES string of the molecule is CN1CCN(Cc2ccc([C@H]3NC4CCCc5c4c(n[nH]c5=O)[C@@H]3c3ccccc3)cc2)CC1. The molecule has 0 amide bonds. The van der Waals surface area contributed by atoms with Crippen LogP contribution in [0.4, 0.5) is 0 Å². The average Bonchev–Trinajstić information content (AvgIpc) is 2.88. The molecule has 0 bridgehead atoms. The number of hydrogen-bond donors (Lipinski definition) is 2. The van der Waals surface area contributed by atoms with Crippen LogP contribution >= 0.6 is 0 Å². The highest BCUT2D eigenvalue weighted by Gasteiger charge is 2.40. The van der Waals surface area contributed by atoms with Crippen molar-refractivity contribution in [2.24, 2.45) is 0 Å². The van der Waals surface area contributed by atoms with Gasteiger partial charge in [-0.25, -0.2) is 5.10 Å². The van der Waals surface area contributed by atoms with Crippen LogP contribution in [0.5, 0.6) is 0 Å². The van der Waals surface area contributed by atoms with Crippen LogP contribution < -0.4 is 10.9 Å². The maximum absolute atomic E-state index is 12.6. The first-order valence-corrected chi connectivity index (χ1v) is 12.6. The van der Waals surface area contributed by atoms with E-state index in [2.05, 4.69) is 87.0 Å². The number of rotatable bonds is 4. The minimum Gasteiger partial charge on any atom is -0.304 e. The van der Waals surface area contributed by atoms with Gasteiger partial charge < -0.3 is 10.2 Å². The van der Waals surface area contributed by atoms with Gasteiger partial charge in [-0.1, -0.05) is 54.6 Å². The summed E-state index contributed by atoms with van der Waals surface area (Å²) in [5.41, 5.74) is 6.96. The van der Waals surface area contributed by atoms with Crippen molar-refractivity contribution in [2.45, 2.75) is 43.8 Å². The van der Waals surface area contributed by atoms with E-state index in [4.69, 9.17) is 0 Å². The number of H-pyrrole nitrogens is 1. The normalized spacial score (nSPS) is 25.1. The third-order valence-corrected chi connectivity index (χ3v) is 7.93. The molecule has 3 heterocycles. The predicted octanol–water partition coefficient (Wildman–Crippen LogP) is 3.37. The van der Waals surface area contributed by atoms with Crippen molar-refractivity contribution in [3.05, 3.63) is 98.5 Å². The zero-order valence-electron chi connectivity index (χ0n) is 19.8. The summed E-state index contributed by atoms with van der Waals surface area (Å²) < 4.78 is 0. The Kier molecular flexibility index (Phi) is 5.81. The Morgan fingerprint density at radius 2 is 1.74 bits per heavy atom. The Morgan fingerprint density at radius 3 is 2.50 bits per heavy atom. The van der Waals surface area contributed by atoms with E-state index >= 15 is 0 Å². The van der Waals surface area contributed by atoms with Crippen LogP contribution in [0.1, 0.15) is 64.4 Å². The zero-order chi connectivity index (χ0) is 23.1. The van der Waals surface area contributed by atoms with Crippen molar-refractivity contribution in [1.29, 1.82) is 0 Å². The van der Waals surface area contributed by atoms with E-state index in [1.165, 1.54) is 16.7 Å². The van der Waals surface area contributed by atoms with Gasteiger partial charge in [0.1, 0.15) is 0 Å². The van der Waals surface area contributed by atoms with Gasteiger partial charge in [0.2, 0.25) is 0 Å². The third-order valence-electron chi connectivity index (χ3n) is 7.93. The summed E-state index contributed by atoms with van der Waals surface area (Å²) in [6.45, 7) is 5.54. The fourth-order valence-corrected chi connectivity index (χ4v) is 6.05. The topological polar surface area (TPSA) is 64.3 Å². The van der Waals surface area contributed by atoms with Crippen molar-refractivity contribution in [2.75, 3.05) is 33.2 Å². The molecule has 3 aliphatic rings. The van der Waals surface area contributed by atoms with E-state index in [0.717, 1.165) is 68.8 Å². The van der Waals surface area contributed by atoms with Gasteiger partial charge in [-0.2, -0.15) is 5.10 Å². The molecular formula is C28H33N5O. The van der Waals surface area contributed by atoms with Crippen molar-refractivity contribution >= 4 is 0 Å². The van der Waals surface area contributed by atoms with Crippen LogP contribution in [0, 0.1) is 0 Å². The third kappa shape index (κ3) is 4.00. The summed E-state index contributed by atoms with van der Waals surface area (Å²) in [5.74, 6) is 0.0598. The molecule has 3 aromatic rings. The highest BCUT2D eigenvalue weighted by Crippen LogP contribution is 2.46. The molecule has 2 N–H and O–H groups in total. The lowest BCUT2D eigenvalue weighted by molar-refractivity contribution is 0.148. The maximum Gasteiger partial charge on any atom is 0.267 e. The van der Waals surface area contributed by atoms with Gasteiger partial charge in [0.05, 0.1) is 5.69 Å². The Hall–Kier alpha value is -2.80. The van der Waals surface area contributed by atoms with Gasteiger partial charge in [0, 0.05) is 61.9 Å². The second-order valence-corrected chi connectivity index (χ2v) is 10.1. The molecule has 0 spiro atoms. The lowest BCUT2D eigenvalue weighted by Gasteiger charge is -2.41. The van der Waals surface area contributed by atoms with Crippen LogP contribution in [0.3, 0.4) is 0 Å². The fourth-order valence-electron chi connectivity index (χ4n) is 6.05. The molecule has 0 saturated carbocycles. The quantitative estimate of drug-likeness (QED) is 0.632. The molecule has 1 fully saturated rings. The summed E-state index contributed by atoms with van der Waals surface area (Å²) >= 11 is 0. The average molecular weight is 456 g/mol. The largest absolute Gasteiger partial charge is 0.304 e. The number of nitrogens with zero attached hydrogens (tertiary/aromatic N) is 3. The molecule has 34 heavy (non-hydrogen) atoms. The molecule has 6 nitrogen and oxygen atoms in total. The van der Waals surface area contributed by atoms with Gasteiger partial charge in [-0.05, 0) is 43.0 Å². The van der Waals surface area contributed by atoms with Gasteiger partial charge >= 0.3 is 0 Å². The monoisotopic (exact) mass is 455 g/mol. The van der Waals surface area contributed by atoms with Gasteiger partial charge in [0.25, 0.3) is 5.56 Å². The first-order valence-electron chi connectivity index (χ1n) is 12.6. The summed E-state index contributed by atoms with van der Waals surface area (Å²) in [6, 6.07) is 20.1. The van der Waals surface area contributed by atoms with Crippen molar-refractivity contribution in [3.8, 4) is 0 Å². The maximum atomic E-state index is 12.6. The van der Waals surface area contributed by atoms with Crippen molar-refractivity contribution < 1.29 is 0 Å². The van der Waals surface area contributed by atoms with E-state index in [1.807, 2.05) is 0 Å². The lowest BCUT2D eigenvalue weighted by atomic mass is 9.74. The van der Waals surface area contributed by atoms with E-state index in [1.54, 1.807) is 0 Å². The Morgan fingerprint density at radius 1 is 0.971 bits per heavy atom. The lowest BCUT2D eigenvalue weighted by Crippen LogP contribution is -2.43. The summed E-state index contributed by atoms with van der Waals surface area (Å²) in [6.07, 6.45) is 2.92. The second kappa shape index (κ2) is 9.10. The summed E-state index contributed by atoms with van der Waals surface area (Å²) in [5, 5.41) is 11.4.